The molecule has 1 aromatic carbocycles. The minimum absolute atomic E-state index is 0.236. The normalized spacial score (nSPS) is 11.8. The van der Waals surface area contributed by atoms with E-state index in [1.54, 1.807) is 0 Å². The largest absolute Gasteiger partial charge is 0.278 e. The van der Waals surface area contributed by atoms with Crippen LogP contribution in [-0.2, 0) is 6.42 Å². The molecule has 1 N–H and O–H groups in total. The van der Waals surface area contributed by atoms with E-state index in [-0.39, 0.29) is 5.41 Å². The summed E-state index contributed by atoms with van der Waals surface area (Å²) in [5, 5.41) is 7.95. The lowest BCUT2D eigenvalue weighted by atomic mass is 9.87. The van der Waals surface area contributed by atoms with Gasteiger partial charge in [-0.15, -0.1) is 0 Å². The number of benzene rings is 1. The van der Waals surface area contributed by atoms with Gasteiger partial charge in [-0.2, -0.15) is 5.10 Å². The van der Waals surface area contributed by atoms with Gasteiger partial charge in [-0.3, -0.25) is 5.10 Å². The summed E-state index contributed by atoms with van der Waals surface area (Å²) < 4.78 is 0. The Balaban J connectivity index is 2.41. The predicted octanol–water partition coefficient (Wildman–Crippen LogP) is 4.32. The quantitative estimate of drug-likeness (QED) is 0.843. The summed E-state index contributed by atoms with van der Waals surface area (Å²) in [6.07, 6.45) is 2.87. The molecule has 1 heterocycles. The van der Waals surface area contributed by atoms with Crippen molar-refractivity contribution in [3.8, 4) is 11.3 Å². The van der Waals surface area contributed by atoms with E-state index >= 15 is 0 Å². The summed E-state index contributed by atoms with van der Waals surface area (Å²) in [6.45, 7) is 6.66. The highest BCUT2D eigenvalue weighted by atomic mass is 35.5. The zero-order valence-corrected chi connectivity index (χ0v) is 11.2. The van der Waals surface area contributed by atoms with Crippen molar-refractivity contribution in [1.29, 1.82) is 0 Å². The molecule has 2 rings (SSSR count). The Morgan fingerprint density at radius 3 is 2.59 bits per heavy atom. The molecule has 0 bridgehead atoms. The summed E-state index contributed by atoms with van der Waals surface area (Å²) in [4.78, 5) is 0. The molecule has 2 nitrogen and oxygen atoms in total. The minimum atomic E-state index is 0.236. The lowest BCUT2D eigenvalue weighted by molar-refractivity contribution is 0.412. The Labute approximate surface area is 107 Å². The molecule has 0 spiro atoms. The van der Waals surface area contributed by atoms with Crippen LogP contribution in [-0.4, -0.2) is 10.2 Å². The third kappa shape index (κ3) is 2.89. The van der Waals surface area contributed by atoms with Crippen molar-refractivity contribution in [2.24, 2.45) is 5.41 Å². The van der Waals surface area contributed by atoms with E-state index in [2.05, 4.69) is 31.0 Å². The van der Waals surface area contributed by atoms with Gasteiger partial charge in [0.2, 0.25) is 0 Å². The smallest absolute Gasteiger partial charge is 0.0697 e. The van der Waals surface area contributed by atoms with Crippen LogP contribution < -0.4 is 0 Å². The van der Waals surface area contributed by atoms with E-state index in [0.29, 0.717) is 0 Å². The van der Waals surface area contributed by atoms with Crippen LogP contribution in [0.3, 0.4) is 0 Å². The standard InChI is InChI=1S/C14H17ClN2/c1-14(2,3)8-10-9-16-17-13(10)11-6-4-5-7-12(11)15/h4-7,9H,8H2,1-3H3,(H,16,17). The summed E-state index contributed by atoms with van der Waals surface area (Å²) in [7, 11) is 0. The molecule has 0 saturated carbocycles. The molecular formula is C14H17ClN2. The second-order valence-electron chi connectivity index (χ2n) is 5.49. The highest BCUT2D eigenvalue weighted by Crippen LogP contribution is 2.31. The molecule has 0 unspecified atom stereocenters. The van der Waals surface area contributed by atoms with Gasteiger partial charge in [0, 0.05) is 10.6 Å². The van der Waals surface area contributed by atoms with E-state index in [1.807, 2.05) is 30.5 Å². The molecule has 0 radical (unpaired) electrons. The summed E-state index contributed by atoms with van der Waals surface area (Å²) in [5.41, 5.74) is 3.50. The van der Waals surface area contributed by atoms with Crippen molar-refractivity contribution in [2.45, 2.75) is 27.2 Å². The second-order valence-corrected chi connectivity index (χ2v) is 5.89. The number of rotatable bonds is 2. The van der Waals surface area contributed by atoms with Gasteiger partial charge in [0.1, 0.15) is 0 Å². The maximum absolute atomic E-state index is 6.21. The zero-order chi connectivity index (χ0) is 12.5. The summed E-state index contributed by atoms with van der Waals surface area (Å²) >= 11 is 6.21. The second kappa shape index (κ2) is 4.53. The molecular weight excluding hydrogens is 232 g/mol. The van der Waals surface area contributed by atoms with E-state index < -0.39 is 0 Å². The number of H-pyrrole nitrogens is 1. The maximum atomic E-state index is 6.21. The predicted molar refractivity (Wildman–Crippen MR) is 72.2 cm³/mol. The van der Waals surface area contributed by atoms with Gasteiger partial charge in [0.25, 0.3) is 0 Å². The van der Waals surface area contributed by atoms with Crippen molar-refractivity contribution in [3.63, 3.8) is 0 Å². The van der Waals surface area contributed by atoms with Crippen LogP contribution in [0.1, 0.15) is 26.3 Å². The molecule has 0 aliphatic carbocycles. The zero-order valence-electron chi connectivity index (χ0n) is 10.4. The molecule has 2 aromatic rings. The first-order chi connectivity index (χ1) is 7.97. The van der Waals surface area contributed by atoms with Crippen LogP contribution in [0.2, 0.25) is 5.02 Å². The van der Waals surface area contributed by atoms with Gasteiger partial charge in [0.15, 0.2) is 0 Å². The fourth-order valence-corrected chi connectivity index (χ4v) is 2.14. The van der Waals surface area contributed by atoms with Crippen molar-refractivity contribution in [2.75, 3.05) is 0 Å². The van der Waals surface area contributed by atoms with Crippen molar-refractivity contribution < 1.29 is 0 Å². The van der Waals surface area contributed by atoms with Gasteiger partial charge in [-0.05, 0) is 23.5 Å². The number of hydrogen-bond acceptors (Lipinski definition) is 1. The minimum Gasteiger partial charge on any atom is -0.278 e. The molecule has 0 atom stereocenters. The molecule has 0 aliphatic rings. The number of hydrogen-bond donors (Lipinski definition) is 1. The number of aromatic amines is 1. The lowest BCUT2D eigenvalue weighted by Crippen LogP contribution is -2.09. The fourth-order valence-electron chi connectivity index (χ4n) is 1.91. The average molecular weight is 249 g/mol. The first-order valence-electron chi connectivity index (χ1n) is 5.74. The van der Waals surface area contributed by atoms with Crippen LogP contribution in [0.15, 0.2) is 30.5 Å². The molecule has 0 saturated heterocycles. The van der Waals surface area contributed by atoms with Crippen LogP contribution in [0.5, 0.6) is 0 Å². The molecule has 1 aromatic heterocycles. The third-order valence-electron chi connectivity index (χ3n) is 2.58. The maximum Gasteiger partial charge on any atom is 0.0697 e. The Morgan fingerprint density at radius 1 is 1.24 bits per heavy atom. The van der Waals surface area contributed by atoms with E-state index in [1.165, 1.54) is 5.56 Å². The van der Waals surface area contributed by atoms with Gasteiger partial charge >= 0.3 is 0 Å². The average Bonchev–Trinajstić information content (AvgIpc) is 2.64. The van der Waals surface area contributed by atoms with E-state index in [9.17, 15) is 0 Å². The first kappa shape index (κ1) is 12.2. The van der Waals surface area contributed by atoms with Crippen molar-refractivity contribution in [1.82, 2.24) is 10.2 Å². The van der Waals surface area contributed by atoms with Crippen molar-refractivity contribution >= 4 is 11.6 Å². The Kier molecular flexibility index (Phi) is 3.25. The molecule has 0 fully saturated rings. The third-order valence-corrected chi connectivity index (χ3v) is 2.91. The molecule has 90 valence electrons. The first-order valence-corrected chi connectivity index (χ1v) is 6.12. The highest BCUT2D eigenvalue weighted by molar-refractivity contribution is 6.33. The topological polar surface area (TPSA) is 28.7 Å². The van der Waals surface area contributed by atoms with Gasteiger partial charge < -0.3 is 0 Å². The fraction of sp³-hybridized carbons (Fsp3) is 0.357. The number of nitrogens with one attached hydrogen (secondary N) is 1. The van der Waals surface area contributed by atoms with Crippen molar-refractivity contribution in [3.05, 3.63) is 41.0 Å². The van der Waals surface area contributed by atoms with Crippen LogP contribution in [0, 0.1) is 5.41 Å². The Morgan fingerprint density at radius 2 is 1.94 bits per heavy atom. The Bertz CT molecular complexity index is 509. The SMILES string of the molecule is CC(C)(C)Cc1cn[nH]c1-c1ccccc1Cl. The highest BCUT2D eigenvalue weighted by Gasteiger charge is 2.17. The lowest BCUT2D eigenvalue weighted by Gasteiger charge is -2.18. The van der Waals surface area contributed by atoms with Crippen LogP contribution in [0.4, 0.5) is 0 Å². The monoisotopic (exact) mass is 248 g/mol. The Hall–Kier alpha value is -1.28. The molecule has 0 amide bonds. The van der Waals surface area contributed by atoms with Gasteiger partial charge in [-0.1, -0.05) is 50.6 Å². The molecule has 0 aliphatic heterocycles. The number of nitrogens with zero attached hydrogens (tertiary/aromatic N) is 1. The molecule has 3 heteroatoms. The van der Waals surface area contributed by atoms with E-state index in [0.717, 1.165) is 22.7 Å². The van der Waals surface area contributed by atoms with Crippen LogP contribution in [0.25, 0.3) is 11.3 Å². The van der Waals surface area contributed by atoms with Gasteiger partial charge in [-0.25, -0.2) is 0 Å². The van der Waals surface area contributed by atoms with Crippen LogP contribution >= 0.6 is 11.6 Å². The summed E-state index contributed by atoms with van der Waals surface area (Å²) in [5.74, 6) is 0. The van der Waals surface area contributed by atoms with E-state index in [4.69, 9.17) is 11.6 Å². The number of aromatic nitrogens is 2. The summed E-state index contributed by atoms with van der Waals surface area (Å²) in [6, 6.07) is 7.84. The number of halogens is 1. The molecule has 17 heavy (non-hydrogen) atoms. The van der Waals surface area contributed by atoms with Gasteiger partial charge in [0.05, 0.1) is 11.9 Å².